The van der Waals surface area contributed by atoms with Gasteiger partial charge in [-0.25, -0.2) is 9.59 Å². The van der Waals surface area contributed by atoms with E-state index in [1.54, 1.807) is 0 Å². The Morgan fingerprint density at radius 3 is 1.69 bits per heavy atom. The molecule has 0 radical (unpaired) electrons. The second-order valence-electron chi connectivity index (χ2n) is 2.99. The van der Waals surface area contributed by atoms with Crippen LogP contribution in [0.1, 0.15) is 6.42 Å². The summed E-state index contributed by atoms with van der Waals surface area (Å²) in [5, 5.41) is 25.4. The number of rotatable bonds is 6. The van der Waals surface area contributed by atoms with Gasteiger partial charge in [-0.15, -0.1) is 0 Å². The van der Waals surface area contributed by atoms with Gasteiger partial charge < -0.3 is 26.8 Å². The fraction of sp³-hybridized carbons (Fsp3) is 0.429. The number of aliphatic carboxylic acids is 3. The largest absolute Gasteiger partial charge is 0.481 e. The monoisotopic (exact) mass is 234 g/mol. The van der Waals surface area contributed by atoms with E-state index in [9.17, 15) is 19.2 Å². The lowest BCUT2D eigenvalue weighted by Gasteiger charge is -2.20. The zero-order chi connectivity index (χ0) is 13.1. The van der Waals surface area contributed by atoms with Crippen LogP contribution in [0.5, 0.6) is 0 Å². The Hall–Kier alpha value is -2.00. The van der Waals surface area contributed by atoms with Crippen molar-refractivity contribution in [1.29, 1.82) is 0 Å². The summed E-state index contributed by atoms with van der Waals surface area (Å²) in [6.07, 6.45) is -0.904. The van der Waals surface area contributed by atoms with Gasteiger partial charge in [0.2, 0.25) is 0 Å². The van der Waals surface area contributed by atoms with Crippen molar-refractivity contribution in [1.82, 2.24) is 0 Å². The molecule has 0 heterocycles. The first-order chi connectivity index (χ1) is 7.13. The molecule has 0 bridgehead atoms. The fourth-order valence-corrected chi connectivity index (χ4v) is 0.876. The summed E-state index contributed by atoms with van der Waals surface area (Å²) in [7, 11) is 0. The second kappa shape index (κ2) is 4.68. The zero-order valence-electron chi connectivity index (χ0n) is 7.91. The van der Waals surface area contributed by atoms with Crippen molar-refractivity contribution in [3.05, 3.63) is 0 Å². The Labute approximate surface area is 88.6 Å². The lowest BCUT2D eigenvalue weighted by molar-refractivity contribution is -0.161. The highest BCUT2D eigenvalue weighted by atomic mass is 16.4. The Kier molecular flexibility index (Phi) is 4.09. The summed E-state index contributed by atoms with van der Waals surface area (Å²) in [6.45, 7) is 0. The maximum Gasteiger partial charge on any atom is 0.343 e. The molecule has 0 fully saturated rings. The number of carboxylic acids is 3. The number of Topliss-reactive ketones (excluding diaryl/α,β-unsaturated/α-hetero) is 1. The Morgan fingerprint density at radius 2 is 1.44 bits per heavy atom. The van der Waals surface area contributed by atoms with Gasteiger partial charge in [0.05, 0.1) is 12.5 Å². The van der Waals surface area contributed by atoms with Crippen molar-refractivity contribution >= 4 is 23.7 Å². The van der Waals surface area contributed by atoms with Crippen LogP contribution < -0.4 is 11.5 Å². The van der Waals surface area contributed by atoms with Crippen LogP contribution in [0.2, 0.25) is 0 Å². The molecule has 0 spiro atoms. The Bertz CT molecular complexity index is 337. The van der Waals surface area contributed by atoms with Crippen molar-refractivity contribution in [3.63, 3.8) is 0 Å². The molecule has 0 amide bonds. The number of carboxylic acid groups (broad SMARTS) is 3. The van der Waals surface area contributed by atoms with Crippen molar-refractivity contribution in [2.75, 3.05) is 0 Å². The van der Waals surface area contributed by atoms with Gasteiger partial charge in [-0.1, -0.05) is 0 Å². The van der Waals surface area contributed by atoms with E-state index in [0.717, 1.165) is 0 Å². The molecule has 7 N–H and O–H groups in total. The van der Waals surface area contributed by atoms with Crippen LogP contribution >= 0.6 is 0 Å². The fourth-order valence-electron chi connectivity index (χ4n) is 0.876. The minimum Gasteiger partial charge on any atom is -0.481 e. The van der Waals surface area contributed by atoms with Crippen molar-refractivity contribution in [2.24, 2.45) is 11.5 Å². The highest BCUT2D eigenvalue weighted by Gasteiger charge is 2.52. The van der Waals surface area contributed by atoms with Crippen LogP contribution in [-0.4, -0.2) is 50.6 Å². The minimum atomic E-state index is -3.23. The minimum absolute atomic E-state index is 0.904. The van der Waals surface area contributed by atoms with E-state index < -0.39 is 41.7 Å². The molecule has 9 nitrogen and oxygen atoms in total. The van der Waals surface area contributed by atoms with Gasteiger partial charge >= 0.3 is 17.9 Å². The van der Waals surface area contributed by atoms with Gasteiger partial charge in [0.1, 0.15) is 0 Å². The topological polar surface area (TPSA) is 181 Å². The van der Waals surface area contributed by atoms with E-state index in [0.29, 0.717) is 0 Å². The molecule has 9 heteroatoms. The molecule has 1 unspecified atom stereocenters. The molecule has 16 heavy (non-hydrogen) atoms. The number of nitrogens with two attached hydrogens (primary N) is 2. The van der Waals surface area contributed by atoms with Gasteiger partial charge in [0.15, 0.2) is 5.78 Å². The maximum atomic E-state index is 11.3. The van der Waals surface area contributed by atoms with Gasteiger partial charge in [-0.3, -0.25) is 9.59 Å². The molecule has 0 aliphatic rings. The number of carbonyl (C=O) groups is 4. The second-order valence-corrected chi connectivity index (χ2v) is 2.99. The smallest absolute Gasteiger partial charge is 0.343 e. The lowest BCUT2D eigenvalue weighted by atomic mass is 9.89. The standard InChI is InChI=1S/C7H10N2O7/c8-2(1-3(10)11)4(12)7(9,5(13)14)6(15)16/h2H,1,8-9H2,(H,10,11)(H,13,14)(H,15,16). The summed E-state index contributed by atoms with van der Waals surface area (Å²) in [6, 6.07) is -1.80. The number of hydrogen-bond acceptors (Lipinski definition) is 6. The predicted octanol–water partition coefficient (Wildman–Crippen LogP) is -2.78. The number of carbonyl (C=O) groups excluding carboxylic acids is 1. The van der Waals surface area contributed by atoms with Crippen LogP contribution in [0.4, 0.5) is 0 Å². The highest BCUT2D eigenvalue weighted by Crippen LogP contribution is 2.08. The molecule has 1 atom stereocenters. The van der Waals surface area contributed by atoms with E-state index >= 15 is 0 Å². The van der Waals surface area contributed by atoms with Crippen LogP contribution in [0.25, 0.3) is 0 Å². The van der Waals surface area contributed by atoms with E-state index in [1.807, 2.05) is 0 Å². The van der Waals surface area contributed by atoms with Gasteiger partial charge in [-0.05, 0) is 0 Å². The summed E-state index contributed by atoms with van der Waals surface area (Å²) >= 11 is 0. The average Bonchev–Trinajstić information content (AvgIpc) is 2.13. The SMILES string of the molecule is NC(CC(=O)O)C(=O)C(N)(C(=O)O)C(=O)O. The van der Waals surface area contributed by atoms with Crippen LogP contribution in [0, 0.1) is 0 Å². The first kappa shape index (κ1) is 14.0. The van der Waals surface area contributed by atoms with E-state index in [4.69, 9.17) is 26.8 Å². The quantitative estimate of drug-likeness (QED) is 0.303. The van der Waals surface area contributed by atoms with Crippen LogP contribution in [-0.2, 0) is 19.2 Å². The van der Waals surface area contributed by atoms with E-state index in [1.165, 1.54) is 0 Å². The zero-order valence-corrected chi connectivity index (χ0v) is 7.91. The van der Waals surface area contributed by atoms with E-state index in [2.05, 4.69) is 0 Å². The normalized spacial score (nSPS) is 12.9. The summed E-state index contributed by atoms with van der Waals surface area (Å²) in [5.41, 5.74) is 6.70. The summed E-state index contributed by atoms with van der Waals surface area (Å²) < 4.78 is 0. The van der Waals surface area contributed by atoms with E-state index in [-0.39, 0.29) is 0 Å². The summed E-state index contributed by atoms with van der Waals surface area (Å²) in [5.74, 6) is -7.26. The lowest BCUT2D eigenvalue weighted by Crippen LogP contribution is -2.65. The molecule has 90 valence electrons. The molecule has 0 saturated carbocycles. The molecule has 0 aliphatic heterocycles. The number of ketones is 1. The van der Waals surface area contributed by atoms with Crippen molar-refractivity contribution < 1.29 is 34.5 Å². The van der Waals surface area contributed by atoms with Gasteiger partial charge in [-0.2, -0.15) is 0 Å². The first-order valence-corrected chi connectivity index (χ1v) is 3.91. The maximum absolute atomic E-state index is 11.3. The predicted molar refractivity (Wildman–Crippen MR) is 47.4 cm³/mol. The third-order valence-electron chi connectivity index (χ3n) is 1.79. The molecule has 0 aromatic carbocycles. The Morgan fingerprint density at radius 1 is 1.06 bits per heavy atom. The molecule has 0 saturated heterocycles. The number of hydrogen-bond donors (Lipinski definition) is 5. The summed E-state index contributed by atoms with van der Waals surface area (Å²) in [4.78, 5) is 42.7. The molecule has 0 aromatic rings. The Balaban J connectivity index is 5.12. The van der Waals surface area contributed by atoms with Crippen LogP contribution in [0.3, 0.4) is 0 Å². The molecular formula is C7H10N2O7. The molecule has 0 rings (SSSR count). The molecule has 0 aromatic heterocycles. The van der Waals surface area contributed by atoms with Gasteiger partial charge in [0, 0.05) is 0 Å². The van der Waals surface area contributed by atoms with Crippen molar-refractivity contribution in [2.45, 2.75) is 18.0 Å². The average molecular weight is 234 g/mol. The molecule has 0 aliphatic carbocycles. The third-order valence-corrected chi connectivity index (χ3v) is 1.79. The third kappa shape index (κ3) is 2.52. The first-order valence-electron chi connectivity index (χ1n) is 3.91. The van der Waals surface area contributed by atoms with Crippen molar-refractivity contribution in [3.8, 4) is 0 Å². The van der Waals surface area contributed by atoms with Gasteiger partial charge in [0.25, 0.3) is 5.54 Å². The van der Waals surface area contributed by atoms with Crippen LogP contribution in [0.15, 0.2) is 0 Å². The molecular weight excluding hydrogens is 224 g/mol. The highest BCUT2D eigenvalue weighted by molar-refractivity contribution is 6.25.